The van der Waals surface area contributed by atoms with Crippen LogP contribution in [0.2, 0.25) is 0 Å². The number of hydrogen-bond donors (Lipinski definition) is 2. The van der Waals surface area contributed by atoms with Gasteiger partial charge in [-0.25, -0.2) is 4.98 Å². The van der Waals surface area contributed by atoms with Gasteiger partial charge in [-0.15, -0.1) is 0 Å². The van der Waals surface area contributed by atoms with Gasteiger partial charge >= 0.3 is 0 Å². The third-order valence-corrected chi connectivity index (χ3v) is 2.60. The lowest BCUT2D eigenvalue weighted by Crippen LogP contribution is -2.43. The molecule has 15 heavy (non-hydrogen) atoms. The molecule has 4 nitrogen and oxygen atoms in total. The molecule has 0 aliphatic carbocycles. The number of piperazine rings is 1. The molecule has 1 aromatic heterocycles. The molecule has 2 N–H and O–H groups in total. The largest absolute Gasteiger partial charge is 0.396 e. The summed E-state index contributed by atoms with van der Waals surface area (Å²) in [4.78, 5) is 6.80. The summed E-state index contributed by atoms with van der Waals surface area (Å²) < 4.78 is 0. The predicted molar refractivity (Wildman–Crippen MR) is 60.1 cm³/mol. The third-order valence-electron chi connectivity index (χ3n) is 2.60. The van der Waals surface area contributed by atoms with E-state index in [1.54, 1.807) is 0 Å². The smallest absolute Gasteiger partial charge is 0.128 e. The number of aliphatic hydroxyl groups is 1. The van der Waals surface area contributed by atoms with Crippen molar-refractivity contribution < 1.29 is 5.11 Å². The van der Waals surface area contributed by atoms with Gasteiger partial charge in [-0.1, -0.05) is 6.07 Å². The minimum absolute atomic E-state index is 0.165. The Hall–Kier alpha value is -1.13. The highest BCUT2D eigenvalue weighted by atomic mass is 16.3. The molecule has 0 radical (unpaired) electrons. The van der Waals surface area contributed by atoms with Gasteiger partial charge in [0.25, 0.3) is 0 Å². The van der Waals surface area contributed by atoms with E-state index in [0.717, 1.165) is 37.7 Å². The van der Waals surface area contributed by atoms with Crippen LogP contribution in [-0.4, -0.2) is 42.9 Å². The van der Waals surface area contributed by atoms with E-state index in [-0.39, 0.29) is 6.61 Å². The number of nitrogens with one attached hydrogen (secondary N) is 1. The van der Waals surface area contributed by atoms with Gasteiger partial charge in [0.05, 0.1) is 0 Å². The summed E-state index contributed by atoms with van der Waals surface area (Å²) in [5.74, 6) is 1.03. The van der Waals surface area contributed by atoms with Gasteiger partial charge < -0.3 is 15.3 Å². The van der Waals surface area contributed by atoms with Gasteiger partial charge in [-0.05, 0) is 12.1 Å². The standard InChI is InChI=1S/C11H17N3O/c15-9-4-10-2-1-3-11(13-10)14-7-5-12-6-8-14/h1-3,12,15H,4-9H2. The molecular weight excluding hydrogens is 190 g/mol. The fraction of sp³-hybridized carbons (Fsp3) is 0.545. The Balaban J connectivity index is 2.09. The first kappa shape index (κ1) is 10.4. The molecule has 2 rings (SSSR count). The third kappa shape index (κ3) is 2.67. The highest BCUT2D eigenvalue weighted by Gasteiger charge is 2.11. The molecule has 1 fully saturated rings. The van der Waals surface area contributed by atoms with Crippen LogP contribution in [0.4, 0.5) is 5.82 Å². The molecule has 2 heterocycles. The summed E-state index contributed by atoms with van der Waals surface area (Å²) in [5, 5.41) is 12.2. The first-order chi connectivity index (χ1) is 7.40. The number of nitrogens with zero attached hydrogens (tertiary/aromatic N) is 2. The lowest BCUT2D eigenvalue weighted by Gasteiger charge is -2.28. The van der Waals surface area contributed by atoms with Crippen molar-refractivity contribution in [2.45, 2.75) is 6.42 Å². The number of anilines is 1. The fourth-order valence-electron chi connectivity index (χ4n) is 1.79. The highest BCUT2D eigenvalue weighted by Crippen LogP contribution is 2.12. The monoisotopic (exact) mass is 207 g/mol. The zero-order valence-corrected chi connectivity index (χ0v) is 8.82. The zero-order chi connectivity index (χ0) is 10.5. The molecule has 0 spiro atoms. The zero-order valence-electron chi connectivity index (χ0n) is 8.82. The van der Waals surface area contributed by atoms with Crippen LogP contribution in [-0.2, 0) is 6.42 Å². The van der Waals surface area contributed by atoms with E-state index in [1.807, 2.05) is 18.2 Å². The molecule has 0 aromatic carbocycles. The summed E-state index contributed by atoms with van der Waals surface area (Å²) >= 11 is 0. The minimum Gasteiger partial charge on any atom is -0.396 e. The molecule has 0 saturated carbocycles. The SMILES string of the molecule is OCCc1cccc(N2CCNCC2)n1. The first-order valence-electron chi connectivity index (χ1n) is 5.42. The van der Waals surface area contributed by atoms with Gasteiger partial charge in [0.15, 0.2) is 0 Å². The molecular formula is C11H17N3O. The molecule has 82 valence electrons. The number of rotatable bonds is 3. The van der Waals surface area contributed by atoms with Crippen LogP contribution in [0, 0.1) is 0 Å². The summed E-state index contributed by atoms with van der Waals surface area (Å²) in [6.07, 6.45) is 0.639. The van der Waals surface area contributed by atoms with Crippen molar-refractivity contribution in [3.05, 3.63) is 23.9 Å². The maximum absolute atomic E-state index is 8.86. The Kier molecular flexibility index (Phi) is 3.53. The van der Waals surface area contributed by atoms with E-state index < -0.39 is 0 Å². The second-order valence-electron chi connectivity index (χ2n) is 3.70. The summed E-state index contributed by atoms with van der Waals surface area (Å²) in [7, 11) is 0. The summed E-state index contributed by atoms with van der Waals surface area (Å²) in [6.45, 7) is 4.22. The summed E-state index contributed by atoms with van der Waals surface area (Å²) in [6, 6.07) is 6.00. The van der Waals surface area contributed by atoms with Crippen LogP contribution in [0.1, 0.15) is 5.69 Å². The van der Waals surface area contributed by atoms with E-state index in [0.29, 0.717) is 6.42 Å². The highest BCUT2D eigenvalue weighted by molar-refractivity contribution is 5.39. The lowest BCUT2D eigenvalue weighted by atomic mass is 10.2. The Morgan fingerprint density at radius 1 is 1.33 bits per heavy atom. The van der Waals surface area contributed by atoms with Gasteiger partial charge in [0.1, 0.15) is 5.82 Å². The molecule has 1 aromatic rings. The van der Waals surface area contributed by atoms with Crippen molar-refractivity contribution in [2.75, 3.05) is 37.7 Å². The summed E-state index contributed by atoms with van der Waals surface area (Å²) in [5.41, 5.74) is 0.966. The van der Waals surface area contributed by atoms with E-state index >= 15 is 0 Å². The molecule has 0 bridgehead atoms. The van der Waals surface area contributed by atoms with Crippen molar-refractivity contribution in [1.29, 1.82) is 0 Å². The average molecular weight is 207 g/mol. The van der Waals surface area contributed by atoms with Crippen LogP contribution in [0.3, 0.4) is 0 Å². The van der Waals surface area contributed by atoms with Gasteiger partial charge in [-0.2, -0.15) is 0 Å². The maximum atomic E-state index is 8.86. The number of aromatic nitrogens is 1. The minimum atomic E-state index is 0.165. The van der Waals surface area contributed by atoms with Crippen molar-refractivity contribution in [3.8, 4) is 0 Å². The number of aliphatic hydroxyl groups excluding tert-OH is 1. The molecule has 0 unspecified atom stereocenters. The van der Waals surface area contributed by atoms with Crippen LogP contribution >= 0.6 is 0 Å². The fourth-order valence-corrected chi connectivity index (χ4v) is 1.79. The molecule has 4 heteroatoms. The second kappa shape index (κ2) is 5.09. The topological polar surface area (TPSA) is 48.4 Å². The Bertz CT molecular complexity index is 310. The molecule has 1 aliphatic rings. The van der Waals surface area contributed by atoms with Crippen molar-refractivity contribution in [1.82, 2.24) is 10.3 Å². The molecule has 1 saturated heterocycles. The van der Waals surface area contributed by atoms with Gasteiger partial charge in [0, 0.05) is 44.9 Å². The van der Waals surface area contributed by atoms with Gasteiger partial charge in [-0.3, -0.25) is 0 Å². The maximum Gasteiger partial charge on any atom is 0.128 e. The Morgan fingerprint density at radius 3 is 2.87 bits per heavy atom. The van der Waals surface area contributed by atoms with Crippen molar-refractivity contribution in [3.63, 3.8) is 0 Å². The van der Waals surface area contributed by atoms with E-state index in [2.05, 4.69) is 15.2 Å². The van der Waals surface area contributed by atoms with Crippen LogP contribution in [0.25, 0.3) is 0 Å². The Morgan fingerprint density at radius 2 is 2.13 bits per heavy atom. The lowest BCUT2D eigenvalue weighted by molar-refractivity contribution is 0.298. The van der Waals surface area contributed by atoms with Crippen molar-refractivity contribution >= 4 is 5.82 Å². The quantitative estimate of drug-likeness (QED) is 0.734. The predicted octanol–water partition coefficient (Wildman–Crippen LogP) is 0.0260. The number of pyridine rings is 1. The first-order valence-corrected chi connectivity index (χ1v) is 5.42. The van der Waals surface area contributed by atoms with Gasteiger partial charge in [0.2, 0.25) is 0 Å². The van der Waals surface area contributed by atoms with Crippen LogP contribution < -0.4 is 10.2 Å². The number of hydrogen-bond acceptors (Lipinski definition) is 4. The van der Waals surface area contributed by atoms with Crippen molar-refractivity contribution in [2.24, 2.45) is 0 Å². The molecule has 0 amide bonds. The van der Waals surface area contributed by atoms with E-state index in [1.165, 1.54) is 0 Å². The van der Waals surface area contributed by atoms with E-state index in [9.17, 15) is 0 Å². The second-order valence-corrected chi connectivity index (χ2v) is 3.70. The van der Waals surface area contributed by atoms with Crippen LogP contribution in [0.5, 0.6) is 0 Å². The molecule has 1 aliphatic heterocycles. The normalized spacial score (nSPS) is 16.7. The van der Waals surface area contributed by atoms with Crippen LogP contribution in [0.15, 0.2) is 18.2 Å². The molecule has 0 atom stereocenters. The Labute approximate surface area is 89.9 Å². The van der Waals surface area contributed by atoms with E-state index in [4.69, 9.17) is 5.11 Å². The average Bonchev–Trinajstić information content (AvgIpc) is 2.31.